The summed E-state index contributed by atoms with van der Waals surface area (Å²) >= 11 is 0. The van der Waals surface area contributed by atoms with Crippen LogP contribution in [0, 0.1) is 0 Å². The number of nitrogens with zero attached hydrogens (tertiary/aromatic N) is 1. The maximum absolute atomic E-state index is 4.12. The number of nitrogens with two attached hydrogens (primary N) is 1. The average Bonchev–Trinajstić information content (AvgIpc) is 2.21. The first-order valence-corrected chi connectivity index (χ1v) is 4.72. The molecule has 0 aliphatic carbocycles. The summed E-state index contributed by atoms with van der Waals surface area (Å²) < 4.78 is 0. The van der Waals surface area contributed by atoms with Crippen molar-refractivity contribution in [2.45, 2.75) is 19.4 Å². The smallest absolute Gasteiger partial charge is 0.113 e. The van der Waals surface area contributed by atoms with Crippen LogP contribution in [0.1, 0.15) is 24.9 Å². The number of rotatable bonds is 5. The maximum Gasteiger partial charge on any atom is 0.113 e. The number of quaternary nitrogens is 1. The van der Waals surface area contributed by atoms with Crippen LogP contribution in [0.4, 0.5) is 0 Å². The summed E-state index contributed by atoms with van der Waals surface area (Å²) in [6.07, 6.45) is 6.80. The predicted octanol–water partition coefficient (Wildman–Crippen LogP) is 1.28. The van der Waals surface area contributed by atoms with Gasteiger partial charge in [-0.3, -0.25) is 4.98 Å². The molecule has 0 spiro atoms. The molecule has 0 aliphatic rings. The van der Waals surface area contributed by atoms with Crippen molar-refractivity contribution in [1.29, 1.82) is 0 Å². The molecule has 1 atom stereocenters. The van der Waals surface area contributed by atoms with E-state index in [1.54, 1.807) is 0 Å². The van der Waals surface area contributed by atoms with Crippen molar-refractivity contribution in [3.63, 3.8) is 0 Å². The van der Waals surface area contributed by atoms with Gasteiger partial charge in [0, 0.05) is 24.4 Å². The van der Waals surface area contributed by atoms with E-state index in [9.17, 15) is 0 Å². The highest BCUT2D eigenvalue weighted by Gasteiger charge is 2.10. The third-order valence-corrected chi connectivity index (χ3v) is 2.14. The van der Waals surface area contributed by atoms with Gasteiger partial charge >= 0.3 is 0 Å². The fraction of sp³-hybridized carbons (Fsp3) is 0.364. The normalized spacial score (nSPS) is 12.4. The summed E-state index contributed by atoms with van der Waals surface area (Å²) in [5.41, 5.74) is 1.30. The lowest BCUT2D eigenvalue weighted by molar-refractivity contribution is -0.688. The zero-order valence-corrected chi connectivity index (χ0v) is 8.11. The molecule has 1 rings (SSSR count). The van der Waals surface area contributed by atoms with E-state index in [4.69, 9.17) is 0 Å². The molecule has 1 unspecified atom stereocenters. The zero-order valence-electron chi connectivity index (χ0n) is 8.11. The van der Waals surface area contributed by atoms with Gasteiger partial charge in [0.2, 0.25) is 0 Å². The van der Waals surface area contributed by atoms with Crippen LogP contribution < -0.4 is 5.32 Å². The minimum atomic E-state index is 0.520. The Morgan fingerprint density at radius 3 is 3.08 bits per heavy atom. The van der Waals surface area contributed by atoms with Gasteiger partial charge in [-0.25, -0.2) is 0 Å². The molecule has 2 N–H and O–H groups in total. The molecule has 70 valence electrons. The van der Waals surface area contributed by atoms with Crippen LogP contribution in [-0.2, 0) is 0 Å². The summed E-state index contributed by atoms with van der Waals surface area (Å²) in [6.45, 7) is 6.87. The van der Waals surface area contributed by atoms with Crippen LogP contribution in [0.2, 0.25) is 0 Å². The van der Waals surface area contributed by atoms with E-state index in [-0.39, 0.29) is 0 Å². The molecular formula is C11H17N2+. The third-order valence-electron chi connectivity index (χ3n) is 2.14. The minimum absolute atomic E-state index is 0.520. The molecular weight excluding hydrogens is 160 g/mol. The van der Waals surface area contributed by atoms with Crippen LogP contribution in [0.15, 0.2) is 37.2 Å². The van der Waals surface area contributed by atoms with Gasteiger partial charge in [-0.15, -0.1) is 0 Å². The lowest BCUT2D eigenvalue weighted by Crippen LogP contribution is -2.84. The molecule has 0 aromatic carbocycles. The van der Waals surface area contributed by atoms with Crippen molar-refractivity contribution in [3.05, 3.63) is 42.7 Å². The first kappa shape index (κ1) is 9.93. The fourth-order valence-corrected chi connectivity index (χ4v) is 1.39. The van der Waals surface area contributed by atoms with Gasteiger partial charge in [-0.1, -0.05) is 19.6 Å². The Morgan fingerprint density at radius 1 is 1.69 bits per heavy atom. The number of hydrogen-bond acceptors (Lipinski definition) is 1. The molecule has 13 heavy (non-hydrogen) atoms. The summed E-state index contributed by atoms with van der Waals surface area (Å²) in [5.74, 6) is 0. The Balaban J connectivity index is 2.61. The number of aromatic nitrogens is 1. The van der Waals surface area contributed by atoms with Crippen molar-refractivity contribution >= 4 is 0 Å². The Bertz CT molecular complexity index is 244. The van der Waals surface area contributed by atoms with Crippen molar-refractivity contribution < 1.29 is 5.32 Å². The molecule has 2 nitrogen and oxygen atoms in total. The first-order valence-electron chi connectivity index (χ1n) is 4.72. The second-order valence-corrected chi connectivity index (χ2v) is 3.06. The lowest BCUT2D eigenvalue weighted by atomic mass is 10.1. The summed E-state index contributed by atoms with van der Waals surface area (Å²) in [6, 6.07) is 4.63. The Labute approximate surface area is 79.7 Å². The standard InChI is InChI=1S/C11H16N2/c1-3-7-13-11(4-2)10-6-5-8-12-9-10/h3,5-6,8-9,11,13H,1,4,7H2,2H3/p+1. The van der Waals surface area contributed by atoms with E-state index in [0.717, 1.165) is 13.0 Å². The lowest BCUT2D eigenvalue weighted by Gasteiger charge is -2.11. The Kier molecular flexibility index (Phi) is 4.19. The monoisotopic (exact) mass is 177 g/mol. The van der Waals surface area contributed by atoms with Crippen LogP contribution >= 0.6 is 0 Å². The SMILES string of the molecule is C=CC[NH2+]C(CC)c1cccnc1. The van der Waals surface area contributed by atoms with Crippen LogP contribution in [-0.4, -0.2) is 11.5 Å². The molecule has 0 radical (unpaired) electrons. The highest BCUT2D eigenvalue weighted by molar-refractivity contribution is 5.11. The van der Waals surface area contributed by atoms with E-state index >= 15 is 0 Å². The van der Waals surface area contributed by atoms with Crippen LogP contribution in [0.25, 0.3) is 0 Å². The Morgan fingerprint density at radius 2 is 2.54 bits per heavy atom. The van der Waals surface area contributed by atoms with E-state index in [1.807, 2.05) is 24.5 Å². The fourth-order valence-electron chi connectivity index (χ4n) is 1.39. The molecule has 0 bridgehead atoms. The second-order valence-electron chi connectivity index (χ2n) is 3.06. The number of pyridine rings is 1. The molecule has 0 fully saturated rings. The van der Waals surface area contributed by atoms with E-state index < -0.39 is 0 Å². The molecule has 0 aliphatic heterocycles. The van der Waals surface area contributed by atoms with Gasteiger partial charge in [0.25, 0.3) is 0 Å². The molecule has 0 amide bonds. The highest BCUT2D eigenvalue weighted by atomic mass is 14.9. The number of hydrogen-bond donors (Lipinski definition) is 1. The summed E-state index contributed by atoms with van der Waals surface area (Å²) in [5, 5.41) is 2.28. The molecule has 1 aromatic rings. The second kappa shape index (κ2) is 5.49. The van der Waals surface area contributed by atoms with Gasteiger partial charge in [0.05, 0.1) is 6.54 Å². The summed E-state index contributed by atoms with van der Waals surface area (Å²) in [7, 11) is 0. The average molecular weight is 177 g/mol. The van der Waals surface area contributed by atoms with Crippen molar-refractivity contribution in [2.24, 2.45) is 0 Å². The maximum atomic E-state index is 4.12. The first-order chi connectivity index (χ1) is 6.38. The molecule has 2 heteroatoms. The van der Waals surface area contributed by atoms with Gasteiger partial charge < -0.3 is 5.32 Å². The quantitative estimate of drug-likeness (QED) is 0.675. The molecule has 1 heterocycles. The van der Waals surface area contributed by atoms with Crippen molar-refractivity contribution in [1.82, 2.24) is 4.98 Å². The van der Waals surface area contributed by atoms with Crippen molar-refractivity contribution in [2.75, 3.05) is 6.54 Å². The van der Waals surface area contributed by atoms with Crippen molar-refractivity contribution in [3.8, 4) is 0 Å². The van der Waals surface area contributed by atoms with Crippen LogP contribution in [0.3, 0.4) is 0 Å². The van der Waals surface area contributed by atoms with Gasteiger partial charge in [0.15, 0.2) is 0 Å². The largest absolute Gasteiger partial charge is 0.337 e. The molecule has 1 aromatic heterocycles. The van der Waals surface area contributed by atoms with E-state index in [1.165, 1.54) is 5.56 Å². The third kappa shape index (κ3) is 2.99. The van der Waals surface area contributed by atoms with Gasteiger partial charge in [-0.05, 0) is 12.1 Å². The topological polar surface area (TPSA) is 29.5 Å². The zero-order chi connectivity index (χ0) is 9.52. The van der Waals surface area contributed by atoms with E-state index in [0.29, 0.717) is 6.04 Å². The molecule has 0 saturated carbocycles. The predicted molar refractivity (Wildman–Crippen MR) is 54.3 cm³/mol. The summed E-state index contributed by atoms with van der Waals surface area (Å²) in [4.78, 5) is 4.12. The van der Waals surface area contributed by atoms with Crippen LogP contribution in [0.5, 0.6) is 0 Å². The van der Waals surface area contributed by atoms with Gasteiger partial charge in [0.1, 0.15) is 6.04 Å². The minimum Gasteiger partial charge on any atom is -0.337 e. The Hall–Kier alpha value is -1.15. The highest BCUT2D eigenvalue weighted by Crippen LogP contribution is 2.09. The van der Waals surface area contributed by atoms with E-state index in [2.05, 4.69) is 29.9 Å². The van der Waals surface area contributed by atoms with Gasteiger partial charge in [-0.2, -0.15) is 0 Å². The molecule has 0 saturated heterocycles.